The van der Waals surface area contributed by atoms with E-state index < -0.39 is 10.0 Å². The molecule has 1 fully saturated rings. The Labute approximate surface area is 152 Å². The van der Waals surface area contributed by atoms with E-state index in [9.17, 15) is 13.2 Å². The summed E-state index contributed by atoms with van der Waals surface area (Å²) in [6.45, 7) is 6.26. The van der Waals surface area contributed by atoms with Crippen LogP contribution < -0.4 is 5.32 Å². The second kappa shape index (κ2) is 8.62. The average Bonchev–Trinajstić information content (AvgIpc) is 2.95. The molecule has 1 saturated heterocycles. The third-order valence-corrected chi connectivity index (χ3v) is 7.57. The molecule has 1 aromatic rings. The zero-order chi connectivity index (χ0) is 17.7. The van der Waals surface area contributed by atoms with Gasteiger partial charge in [-0.3, -0.25) is 9.69 Å². The van der Waals surface area contributed by atoms with Crippen LogP contribution in [0, 0.1) is 0 Å². The van der Waals surface area contributed by atoms with Gasteiger partial charge in [-0.2, -0.15) is 4.31 Å². The van der Waals surface area contributed by atoms with Crippen LogP contribution in [0.1, 0.15) is 26.7 Å². The number of hydrogen-bond acceptors (Lipinski definition) is 5. The van der Waals surface area contributed by atoms with Crippen LogP contribution in [0.25, 0.3) is 0 Å². The molecule has 0 aromatic carbocycles. The lowest BCUT2D eigenvalue weighted by Gasteiger charge is -2.33. The molecule has 0 radical (unpaired) electrons. The molecule has 1 amide bonds. The minimum atomic E-state index is -3.48. The molecule has 1 aromatic heterocycles. The predicted molar refractivity (Wildman–Crippen MR) is 97.0 cm³/mol. The van der Waals surface area contributed by atoms with Crippen molar-refractivity contribution in [2.75, 3.05) is 32.7 Å². The Morgan fingerprint density at radius 1 is 1.33 bits per heavy atom. The van der Waals surface area contributed by atoms with Crippen LogP contribution in [-0.2, 0) is 14.8 Å². The summed E-state index contributed by atoms with van der Waals surface area (Å²) in [7, 11) is -3.48. The molecule has 2 rings (SSSR count). The van der Waals surface area contributed by atoms with E-state index in [1.54, 1.807) is 6.07 Å². The van der Waals surface area contributed by atoms with Crippen molar-refractivity contribution in [2.45, 2.75) is 36.9 Å². The number of rotatable bonds is 7. The van der Waals surface area contributed by atoms with Gasteiger partial charge >= 0.3 is 0 Å². The number of sulfonamides is 1. The molecule has 24 heavy (non-hydrogen) atoms. The van der Waals surface area contributed by atoms with E-state index in [0.717, 1.165) is 24.2 Å². The lowest BCUT2D eigenvalue weighted by Crippen LogP contribution is -2.51. The van der Waals surface area contributed by atoms with Gasteiger partial charge in [-0.1, -0.05) is 24.9 Å². The number of piperazine rings is 1. The number of nitrogens with zero attached hydrogens (tertiary/aromatic N) is 2. The summed E-state index contributed by atoms with van der Waals surface area (Å²) in [4.78, 5) is 14.0. The molecule has 0 saturated carbocycles. The summed E-state index contributed by atoms with van der Waals surface area (Å²) >= 11 is 6.90. The van der Waals surface area contributed by atoms with Crippen molar-refractivity contribution in [3.63, 3.8) is 0 Å². The van der Waals surface area contributed by atoms with Crippen LogP contribution in [0.15, 0.2) is 16.3 Å². The highest BCUT2D eigenvalue weighted by Crippen LogP contribution is 2.28. The highest BCUT2D eigenvalue weighted by molar-refractivity contribution is 7.91. The van der Waals surface area contributed by atoms with Crippen molar-refractivity contribution in [3.05, 3.63) is 16.5 Å². The van der Waals surface area contributed by atoms with Crippen LogP contribution in [0.5, 0.6) is 0 Å². The molecule has 1 aliphatic rings. The molecule has 1 N–H and O–H groups in total. The van der Waals surface area contributed by atoms with E-state index in [1.807, 2.05) is 11.8 Å². The molecule has 9 heteroatoms. The van der Waals surface area contributed by atoms with Crippen molar-refractivity contribution in [2.24, 2.45) is 0 Å². The van der Waals surface area contributed by atoms with Crippen LogP contribution >= 0.6 is 22.9 Å². The van der Waals surface area contributed by atoms with E-state index in [0.29, 0.717) is 37.1 Å². The maximum absolute atomic E-state index is 12.5. The van der Waals surface area contributed by atoms with Crippen LogP contribution in [-0.4, -0.2) is 62.3 Å². The third-order valence-electron chi connectivity index (χ3n) is 3.97. The molecular weight excluding hydrogens is 370 g/mol. The Bertz CT molecular complexity index is 655. The smallest absolute Gasteiger partial charge is 0.252 e. The molecule has 6 nitrogen and oxygen atoms in total. The van der Waals surface area contributed by atoms with Crippen LogP contribution in [0.4, 0.5) is 0 Å². The van der Waals surface area contributed by atoms with Gasteiger partial charge in [0.05, 0.1) is 10.9 Å². The number of carbonyl (C=O) groups excluding carboxylic acids is 1. The second-order valence-electron chi connectivity index (χ2n) is 6.00. The van der Waals surface area contributed by atoms with Crippen molar-refractivity contribution in [1.82, 2.24) is 14.5 Å². The van der Waals surface area contributed by atoms with Gasteiger partial charge in [0.25, 0.3) is 10.0 Å². The van der Waals surface area contributed by atoms with Gasteiger partial charge in [-0.15, -0.1) is 11.3 Å². The molecule has 0 aliphatic carbocycles. The summed E-state index contributed by atoms with van der Waals surface area (Å²) in [6, 6.07) is 3.31. The minimum absolute atomic E-state index is 0.00250. The number of halogens is 1. The topological polar surface area (TPSA) is 69.7 Å². The summed E-state index contributed by atoms with van der Waals surface area (Å²) in [6.07, 6.45) is 1.99. The minimum Gasteiger partial charge on any atom is -0.353 e. The Morgan fingerprint density at radius 2 is 2.00 bits per heavy atom. The SMILES string of the molecule is CCCC(C)NC(=O)CN1CCN(S(=O)(=O)c2ccc(Cl)s2)CC1. The maximum Gasteiger partial charge on any atom is 0.252 e. The Morgan fingerprint density at radius 3 is 2.54 bits per heavy atom. The van der Waals surface area contributed by atoms with Gasteiger partial charge in [0.15, 0.2) is 0 Å². The highest BCUT2D eigenvalue weighted by atomic mass is 35.5. The van der Waals surface area contributed by atoms with Gasteiger partial charge in [-0.25, -0.2) is 8.42 Å². The summed E-state index contributed by atoms with van der Waals surface area (Å²) < 4.78 is 27.2. The zero-order valence-corrected chi connectivity index (χ0v) is 16.4. The number of carbonyl (C=O) groups is 1. The van der Waals surface area contributed by atoms with Gasteiger partial charge in [0.2, 0.25) is 5.91 Å². The normalized spacial score (nSPS) is 18.5. The molecule has 136 valence electrons. The monoisotopic (exact) mass is 393 g/mol. The second-order valence-corrected chi connectivity index (χ2v) is 9.88. The van der Waals surface area contributed by atoms with Gasteiger partial charge < -0.3 is 5.32 Å². The zero-order valence-electron chi connectivity index (χ0n) is 14.0. The van der Waals surface area contributed by atoms with E-state index >= 15 is 0 Å². The predicted octanol–water partition coefficient (Wildman–Crippen LogP) is 2.01. The van der Waals surface area contributed by atoms with Crippen LogP contribution in [0.3, 0.4) is 0 Å². The first-order valence-corrected chi connectivity index (χ1v) is 10.7. The van der Waals surface area contributed by atoms with E-state index in [2.05, 4.69) is 12.2 Å². The van der Waals surface area contributed by atoms with Gasteiger partial charge in [0.1, 0.15) is 4.21 Å². The number of thiophene rings is 1. The quantitative estimate of drug-likeness (QED) is 0.769. The molecular formula is C15H24ClN3O3S2. The first-order valence-electron chi connectivity index (χ1n) is 8.10. The number of amides is 1. The van der Waals surface area contributed by atoms with Crippen molar-refractivity contribution >= 4 is 38.9 Å². The lowest BCUT2D eigenvalue weighted by atomic mass is 10.2. The van der Waals surface area contributed by atoms with Crippen molar-refractivity contribution in [1.29, 1.82) is 0 Å². The lowest BCUT2D eigenvalue weighted by molar-refractivity contribution is -0.123. The average molecular weight is 394 g/mol. The van der Waals surface area contributed by atoms with Crippen molar-refractivity contribution in [3.8, 4) is 0 Å². The molecule has 0 bridgehead atoms. The van der Waals surface area contributed by atoms with Gasteiger partial charge in [0, 0.05) is 32.2 Å². The standard InChI is InChI=1S/C15H24ClN3O3S2/c1-3-4-12(2)17-14(20)11-18-7-9-19(10-8-18)24(21,22)15-6-5-13(16)23-15/h5-6,12H,3-4,7-11H2,1-2H3,(H,17,20). The van der Waals surface area contributed by atoms with E-state index in [1.165, 1.54) is 10.4 Å². The molecule has 1 atom stereocenters. The number of hydrogen-bond donors (Lipinski definition) is 1. The molecule has 0 spiro atoms. The third kappa shape index (κ3) is 5.16. The Hall–Kier alpha value is -0.670. The van der Waals surface area contributed by atoms with Crippen LogP contribution in [0.2, 0.25) is 4.34 Å². The fourth-order valence-electron chi connectivity index (χ4n) is 2.72. The maximum atomic E-state index is 12.5. The largest absolute Gasteiger partial charge is 0.353 e. The number of nitrogens with one attached hydrogen (secondary N) is 1. The van der Waals surface area contributed by atoms with E-state index in [4.69, 9.17) is 11.6 Å². The molecule has 1 aliphatic heterocycles. The Kier molecular flexibility index (Phi) is 7.06. The first kappa shape index (κ1) is 19.7. The summed E-state index contributed by atoms with van der Waals surface area (Å²) in [5.41, 5.74) is 0. The fourth-order valence-corrected chi connectivity index (χ4v) is 5.78. The molecule has 1 unspecified atom stereocenters. The molecule has 2 heterocycles. The van der Waals surface area contributed by atoms with Gasteiger partial charge in [-0.05, 0) is 25.5 Å². The first-order chi connectivity index (χ1) is 11.3. The highest BCUT2D eigenvalue weighted by Gasteiger charge is 2.30. The summed E-state index contributed by atoms with van der Waals surface area (Å²) in [5, 5.41) is 2.97. The summed E-state index contributed by atoms with van der Waals surface area (Å²) in [5.74, 6) is -0.00250. The fraction of sp³-hybridized carbons (Fsp3) is 0.667. The Balaban J connectivity index is 1.84. The van der Waals surface area contributed by atoms with Crippen molar-refractivity contribution < 1.29 is 13.2 Å². The van der Waals surface area contributed by atoms with E-state index in [-0.39, 0.29) is 16.2 Å².